The van der Waals surface area contributed by atoms with Crippen molar-refractivity contribution in [3.05, 3.63) is 6.92 Å². The first-order chi connectivity index (χ1) is 1.91. The van der Waals surface area contributed by atoms with E-state index in [1.165, 1.54) is 16.3 Å². The van der Waals surface area contributed by atoms with Crippen LogP contribution in [-0.4, -0.2) is 10.2 Å². The maximum absolute atomic E-state index is 3.64. The summed E-state index contributed by atoms with van der Waals surface area (Å²) in [6.45, 7) is 3.64. The molecule has 0 unspecified atom stereocenters. The Morgan fingerprint density at radius 1 is 2.00 bits per heavy atom. The normalized spacial score (nSPS) is 8.25. The van der Waals surface area contributed by atoms with Crippen LogP contribution in [-0.2, 0) is 0 Å². The summed E-state index contributed by atoms with van der Waals surface area (Å²) in [5.41, 5.74) is 0. The van der Waals surface area contributed by atoms with Gasteiger partial charge in [-0.3, -0.25) is 0 Å². The van der Waals surface area contributed by atoms with E-state index >= 15 is 0 Å². The molecule has 1 radical (unpaired) electrons. The molecule has 0 aromatic rings. The quantitative estimate of drug-likeness (QED) is 0.387. The molecule has 0 spiro atoms. The predicted octanol–water partition coefficient (Wildman–Crippen LogP) is 0.107. The van der Waals surface area contributed by atoms with Crippen LogP contribution >= 0.6 is 0 Å². The van der Waals surface area contributed by atoms with Gasteiger partial charge in [0.25, 0.3) is 0 Å². The fourth-order valence-electron chi connectivity index (χ4n) is 0. The van der Waals surface area contributed by atoms with E-state index in [9.17, 15) is 0 Å². The third-order valence-corrected chi connectivity index (χ3v) is 1.06. The van der Waals surface area contributed by atoms with E-state index in [0.29, 0.717) is 0 Å². The summed E-state index contributed by atoms with van der Waals surface area (Å²) in [4.78, 5) is 0. The Bertz CT molecular complexity index is 8.85. The van der Waals surface area contributed by atoms with Crippen molar-refractivity contribution in [1.29, 1.82) is 0 Å². The molecule has 0 fully saturated rings. The zero-order valence-electron chi connectivity index (χ0n) is 4.12. The Kier molecular flexibility index (Phi) is 3.39. The summed E-state index contributed by atoms with van der Waals surface area (Å²) in [5, 5.41) is 0. The third-order valence-electron chi connectivity index (χ3n) is 0.354. The minimum Gasteiger partial charge on any atom is -0.0658 e. The van der Waals surface area contributed by atoms with Crippen LogP contribution in [0.25, 0.3) is 0 Å². The monoisotopic (exact) mass is 74.1 g/mol. The molecule has 0 bridgehead atoms. The van der Waals surface area contributed by atoms with Gasteiger partial charge in [0.05, 0.1) is 0 Å². The van der Waals surface area contributed by atoms with E-state index in [2.05, 4.69) is 6.92 Å². The smallest absolute Gasteiger partial charge is 0.0658 e. The summed E-state index contributed by atoms with van der Waals surface area (Å²) in [5.74, 6) is 0. The average Bonchev–Trinajstić information content (AvgIpc) is 1.37. The molecule has 25 valence electrons. The van der Waals surface area contributed by atoms with Crippen molar-refractivity contribution in [3.8, 4) is 0 Å². The molecular weight excluding hydrogens is 64.1 g/mol. The van der Waals surface area contributed by atoms with Gasteiger partial charge in [0.2, 0.25) is 0 Å². The lowest BCUT2D eigenvalue weighted by Gasteiger charge is -1.67. The topological polar surface area (TPSA) is 0 Å². The van der Waals surface area contributed by atoms with Crippen molar-refractivity contribution in [3.63, 3.8) is 0 Å². The molecule has 0 heterocycles. The van der Waals surface area contributed by atoms with E-state index in [0.717, 1.165) is 6.42 Å². The molecule has 0 N–H and O–H groups in total. The van der Waals surface area contributed by atoms with Crippen molar-refractivity contribution >= 4 is 10.2 Å². The minimum atomic E-state index is 0. The van der Waals surface area contributed by atoms with Crippen LogP contribution in [0.1, 0.15) is 7.85 Å². The van der Waals surface area contributed by atoms with Gasteiger partial charge in [-0.1, -0.05) is 19.4 Å². The maximum Gasteiger partial charge on any atom is 1.00 e. The molecule has 0 atom stereocenters. The molecule has 1 heteroatoms. The van der Waals surface area contributed by atoms with Crippen molar-refractivity contribution in [2.24, 2.45) is 0 Å². The first-order valence-corrected chi connectivity index (χ1v) is 3.12. The molecule has 0 saturated carbocycles. The standard InChI is InChI=1S/C3H9Si/c1-2-3-4/h1-3H2,4H3/p+1. The highest BCUT2D eigenvalue weighted by atomic mass is 28.1. The summed E-state index contributed by atoms with van der Waals surface area (Å²) in [6, 6.07) is 1.35. The SMILES string of the molecule is [CH2]CC[SiH3].[H+]. The van der Waals surface area contributed by atoms with Crippen LogP contribution in [0.4, 0.5) is 0 Å². The molecular formula is C3H10Si+. The Balaban J connectivity index is 0. The van der Waals surface area contributed by atoms with Gasteiger partial charge in [-0.2, -0.15) is 0 Å². The summed E-state index contributed by atoms with van der Waals surface area (Å²) < 4.78 is 0. The Morgan fingerprint density at radius 3 is 2.25 bits per heavy atom. The summed E-state index contributed by atoms with van der Waals surface area (Å²) >= 11 is 0. The van der Waals surface area contributed by atoms with Gasteiger partial charge in [-0.05, 0) is 0 Å². The van der Waals surface area contributed by atoms with Crippen LogP contribution in [0.5, 0.6) is 0 Å². The van der Waals surface area contributed by atoms with Crippen LogP contribution in [0, 0.1) is 6.92 Å². The van der Waals surface area contributed by atoms with Gasteiger partial charge in [-0.15, -0.1) is 0 Å². The van der Waals surface area contributed by atoms with Gasteiger partial charge in [0, 0.05) is 10.2 Å². The van der Waals surface area contributed by atoms with Crippen LogP contribution in [0.15, 0.2) is 0 Å². The molecule has 0 aliphatic rings. The van der Waals surface area contributed by atoms with E-state index in [1.807, 2.05) is 0 Å². The first-order valence-electron chi connectivity index (χ1n) is 1.71. The molecule has 0 rings (SSSR count). The van der Waals surface area contributed by atoms with Gasteiger partial charge in [0.15, 0.2) is 0 Å². The highest BCUT2D eigenvalue weighted by Crippen LogP contribution is 1.72. The Hall–Kier alpha value is 0.217. The predicted molar refractivity (Wildman–Crippen MR) is 25.8 cm³/mol. The van der Waals surface area contributed by atoms with Crippen molar-refractivity contribution < 1.29 is 1.43 Å². The number of hydrogen-bond donors (Lipinski definition) is 0. The van der Waals surface area contributed by atoms with Crippen molar-refractivity contribution in [2.45, 2.75) is 12.5 Å². The summed E-state index contributed by atoms with van der Waals surface area (Å²) in [7, 11) is 1.33. The fraction of sp³-hybridized carbons (Fsp3) is 0.667. The van der Waals surface area contributed by atoms with Crippen LogP contribution in [0.2, 0.25) is 6.04 Å². The van der Waals surface area contributed by atoms with E-state index in [4.69, 9.17) is 0 Å². The highest BCUT2D eigenvalue weighted by molar-refractivity contribution is 6.08. The zero-order valence-corrected chi connectivity index (χ0v) is 5.12. The zero-order chi connectivity index (χ0) is 3.41. The van der Waals surface area contributed by atoms with E-state index in [1.54, 1.807) is 0 Å². The minimum absolute atomic E-state index is 0. The highest BCUT2D eigenvalue weighted by Gasteiger charge is 1.57. The largest absolute Gasteiger partial charge is 1.00 e. The van der Waals surface area contributed by atoms with Gasteiger partial charge < -0.3 is 0 Å². The lowest BCUT2D eigenvalue weighted by Crippen LogP contribution is -1.55. The lowest BCUT2D eigenvalue weighted by molar-refractivity contribution is 1.22. The molecule has 0 saturated heterocycles. The van der Waals surface area contributed by atoms with Gasteiger partial charge >= 0.3 is 1.43 Å². The molecule has 0 aromatic heterocycles. The van der Waals surface area contributed by atoms with Gasteiger partial charge in [-0.25, -0.2) is 0 Å². The Morgan fingerprint density at radius 2 is 2.25 bits per heavy atom. The van der Waals surface area contributed by atoms with Crippen LogP contribution < -0.4 is 0 Å². The average molecular weight is 74.2 g/mol. The summed E-state index contributed by atoms with van der Waals surface area (Å²) in [6.07, 6.45) is 1.13. The van der Waals surface area contributed by atoms with Crippen molar-refractivity contribution in [1.82, 2.24) is 0 Å². The Labute approximate surface area is 32.1 Å². The molecule has 0 aromatic carbocycles. The lowest BCUT2D eigenvalue weighted by atomic mass is 10.6. The third kappa shape index (κ3) is 2.22. The number of hydrogen-bond acceptors (Lipinski definition) is 0. The first kappa shape index (κ1) is 4.22. The molecule has 0 amide bonds. The molecule has 4 heavy (non-hydrogen) atoms. The fourth-order valence-corrected chi connectivity index (χ4v) is 0. The second kappa shape index (κ2) is 3.22. The van der Waals surface area contributed by atoms with Gasteiger partial charge in [0.1, 0.15) is 0 Å². The van der Waals surface area contributed by atoms with Crippen LogP contribution in [0.3, 0.4) is 0 Å². The molecule has 0 aliphatic carbocycles. The second-order valence-corrected chi connectivity index (χ2v) is 1.85. The van der Waals surface area contributed by atoms with E-state index in [-0.39, 0.29) is 1.43 Å². The molecule has 0 nitrogen and oxygen atoms in total. The van der Waals surface area contributed by atoms with Crippen molar-refractivity contribution in [2.75, 3.05) is 0 Å². The molecule has 0 aliphatic heterocycles. The second-order valence-electron chi connectivity index (χ2n) is 0.854. The number of rotatable bonds is 1. The maximum atomic E-state index is 3.64. The van der Waals surface area contributed by atoms with E-state index < -0.39 is 0 Å².